The minimum Gasteiger partial charge on any atom is -0.494 e. The number of para-hydroxylation sites is 1. The van der Waals surface area contributed by atoms with Crippen LogP contribution < -0.4 is 10.3 Å². The number of aromatic nitrogens is 4. The van der Waals surface area contributed by atoms with Crippen molar-refractivity contribution in [2.24, 2.45) is 0 Å². The molecule has 3 heterocycles. The molecule has 0 aliphatic heterocycles. The predicted molar refractivity (Wildman–Crippen MR) is 115 cm³/mol. The van der Waals surface area contributed by atoms with Crippen LogP contribution in [0.3, 0.4) is 0 Å². The topological polar surface area (TPSA) is 109 Å². The van der Waals surface area contributed by atoms with Crippen LogP contribution in [0, 0.1) is 18.3 Å². The van der Waals surface area contributed by atoms with Gasteiger partial charge in [0.25, 0.3) is 5.56 Å². The monoisotopic (exact) mass is 465 g/mol. The van der Waals surface area contributed by atoms with Crippen molar-refractivity contribution in [1.82, 2.24) is 19.6 Å². The fourth-order valence-electron chi connectivity index (χ4n) is 3.81. The zero-order chi connectivity index (χ0) is 24.2. The molecule has 8 nitrogen and oxygen atoms in total. The molecule has 34 heavy (non-hydrogen) atoms. The number of aryl methyl sites for hydroxylation is 1. The Bertz CT molecular complexity index is 1670. The summed E-state index contributed by atoms with van der Waals surface area (Å²) < 4.78 is 53.5. The molecule has 5 aromatic rings. The second-order valence-corrected chi connectivity index (χ2v) is 7.41. The van der Waals surface area contributed by atoms with Gasteiger partial charge in [0.1, 0.15) is 17.0 Å². The van der Waals surface area contributed by atoms with Gasteiger partial charge in [-0.3, -0.25) is 9.89 Å². The highest BCUT2D eigenvalue weighted by molar-refractivity contribution is 5.84. The van der Waals surface area contributed by atoms with Crippen LogP contribution in [-0.4, -0.2) is 26.7 Å². The van der Waals surface area contributed by atoms with E-state index in [0.29, 0.717) is 16.8 Å². The van der Waals surface area contributed by atoms with Gasteiger partial charge < -0.3 is 9.15 Å². The number of alkyl halides is 3. The highest BCUT2D eigenvalue weighted by atomic mass is 19.4. The summed E-state index contributed by atoms with van der Waals surface area (Å²) in [5, 5.41) is 11.1. The Labute approximate surface area is 188 Å². The number of ether oxygens (including phenoxy) is 1. The zero-order valence-electron chi connectivity index (χ0n) is 17.7. The molecule has 170 valence electrons. The van der Waals surface area contributed by atoms with Gasteiger partial charge >= 0.3 is 6.18 Å². The molecule has 11 heteroatoms. The van der Waals surface area contributed by atoms with Gasteiger partial charge in [0.05, 0.1) is 30.0 Å². The summed E-state index contributed by atoms with van der Waals surface area (Å²) in [6, 6.07) is 12.4. The van der Waals surface area contributed by atoms with Crippen molar-refractivity contribution in [3.8, 4) is 34.4 Å². The molecule has 0 radical (unpaired) electrons. The molecule has 0 aliphatic carbocycles. The zero-order valence-corrected chi connectivity index (χ0v) is 17.7. The van der Waals surface area contributed by atoms with Crippen molar-refractivity contribution in [2.75, 3.05) is 7.11 Å². The van der Waals surface area contributed by atoms with Gasteiger partial charge in [-0.2, -0.15) is 22.9 Å². The molecule has 0 saturated carbocycles. The fourth-order valence-corrected chi connectivity index (χ4v) is 3.81. The number of fused-ring (bicyclic) bond motifs is 2. The Morgan fingerprint density at radius 1 is 1.12 bits per heavy atom. The number of nitrogens with zero attached hydrogens (tertiary/aromatic N) is 4. The maximum absolute atomic E-state index is 13.9. The number of nitrogens with one attached hydrogen (secondary N) is 1. The summed E-state index contributed by atoms with van der Waals surface area (Å²) in [7, 11) is 1.46. The van der Waals surface area contributed by atoms with Crippen molar-refractivity contribution in [1.29, 1.82) is 5.26 Å². The highest BCUT2D eigenvalue weighted by Gasteiger charge is 2.38. The molecule has 0 spiro atoms. The summed E-state index contributed by atoms with van der Waals surface area (Å²) in [6.45, 7) is 1.49. The minimum absolute atomic E-state index is 0.0860. The quantitative estimate of drug-likeness (QED) is 0.414. The number of H-pyrrole nitrogens is 1. The summed E-state index contributed by atoms with van der Waals surface area (Å²) in [5.41, 5.74) is -1.27. The first-order chi connectivity index (χ1) is 16.2. The average Bonchev–Trinajstić information content (AvgIpc) is 3.41. The Morgan fingerprint density at radius 3 is 2.50 bits per heavy atom. The van der Waals surface area contributed by atoms with E-state index in [0.717, 1.165) is 4.52 Å². The van der Waals surface area contributed by atoms with Crippen molar-refractivity contribution >= 4 is 16.7 Å². The third-order valence-electron chi connectivity index (χ3n) is 5.36. The van der Waals surface area contributed by atoms with Crippen molar-refractivity contribution in [3.63, 3.8) is 0 Å². The van der Waals surface area contributed by atoms with E-state index in [2.05, 4.69) is 15.1 Å². The second kappa shape index (κ2) is 7.48. The number of hydrogen-bond donors (Lipinski definition) is 1. The number of oxazole rings is 1. The first-order valence-corrected chi connectivity index (χ1v) is 9.90. The van der Waals surface area contributed by atoms with Crippen LogP contribution in [0.2, 0.25) is 0 Å². The predicted octanol–water partition coefficient (Wildman–Crippen LogP) is 4.71. The van der Waals surface area contributed by atoms with Crippen LogP contribution in [0.4, 0.5) is 13.2 Å². The molecular weight excluding hydrogens is 451 g/mol. The number of rotatable bonds is 3. The van der Waals surface area contributed by atoms with E-state index in [-0.39, 0.29) is 39.5 Å². The number of methoxy groups -OCH3 is 1. The van der Waals surface area contributed by atoms with Crippen molar-refractivity contribution in [3.05, 3.63) is 69.8 Å². The Balaban J connectivity index is 1.80. The lowest BCUT2D eigenvalue weighted by Gasteiger charge is -2.07. The smallest absolute Gasteiger partial charge is 0.433 e. The molecule has 2 aromatic carbocycles. The average molecular weight is 465 g/mol. The number of benzene rings is 2. The molecule has 0 bridgehead atoms. The third-order valence-corrected chi connectivity index (χ3v) is 5.36. The Morgan fingerprint density at radius 2 is 1.85 bits per heavy atom. The van der Waals surface area contributed by atoms with Gasteiger partial charge in [0.2, 0.25) is 5.89 Å². The first kappa shape index (κ1) is 21.3. The molecule has 1 N–H and O–H groups in total. The Hall–Kier alpha value is -4.59. The molecule has 0 atom stereocenters. The lowest BCUT2D eigenvalue weighted by molar-refractivity contribution is -0.140. The second-order valence-electron chi connectivity index (χ2n) is 7.41. The van der Waals surface area contributed by atoms with Gasteiger partial charge in [0, 0.05) is 0 Å². The SMILES string of the molecule is COc1cccc2oc(-c3c(C)nc4c(-c5ccc(C#N)cc5)c(C(F)(F)F)[nH]n4c3=O)nc12. The van der Waals surface area contributed by atoms with Gasteiger partial charge in [0.15, 0.2) is 16.7 Å². The van der Waals surface area contributed by atoms with Crippen molar-refractivity contribution < 1.29 is 22.3 Å². The Kier molecular flexibility index (Phi) is 4.68. The van der Waals surface area contributed by atoms with Crippen LogP contribution in [0.15, 0.2) is 51.7 Å². The largest absolute Gasteiger partial charge is 0.494 e. The number of hydrogen-bond acceptors (Lipinski definition) is 6. The summed E-state index contributed by atoms with van der Waals surface area (Å²) >= 11 is 0. The van der Waals surface area contributed by atoms with Crippen LogP contribution >= 0.6 is 0 Å². The van der Waals surface area contributed by atoms with Crippen molar-refractivity contribution in [2.45, 2.75) is 13.1 Å². The van der Waals surface area contributed by atoms with Crippen LogP contribution in [0.25, 0.3) is 39.3 Å². The fraction of sp³-hybridized carbons (Fsp3) is 0.130. The molecule has 3 aromatic heterocycles. The first-order valence-electron chi connectivity index (χ1n) is 9.90. The molecule has 0 saturated heterocycles. The molecule has 0 amide bonds. The standard InChI is InChI=1S/C23H14F3N5O3/c1-11-16(21-29-18-14(33-2)4-3-5-15(18)34-21)22(32)31-20(28-11)17(19(30-31)23(24,25)26)13-8-6-12(10-27)7-9-13/h3-9,30H,1-2H3. The van der Waals surface area contributed by atoms with E-state index in [1.807, 2.05) is 6.07 Å². The van der Waals surface area contributed by atoms with Crippen LogP contribution in [0.1, 0.15) is 17.0 Å². The van der Waals surface area contributed by atoms with E-state index in [4.69, 9.17) is 14.4 Å². The number of aromatic amines is 1. The third kappa shape index (κ3) is 3.19. The maximum atomic E-state index is 13.9. The van der Waals surface area contributed by atoms with E-state index >= 15 is 0 Å². The van der Waals surface area contributed by atoms with E-state index < -0.39 is 17.4 Å². The van der Waals surface area contributed by atoms with Gasteiger partial charge in [-0.15, -0.1) is 0 Å². The molecule has 0 fully saturated rings. The van der Waals surface area contributed by atoms with Gasteiger partial charge in [-0.05, 0) is 36.8 Å². The highest BCUT2D eigenvalue weighted by Crippen LogP contribution is 2.39. The number of nitriles is 1. The van der Waals surface area contributed by atoms with Gasteiger partial charge in [-0.25, -0.2) is 9.97 Å². The summed E-state index contributed by atoms with van der Waals surface area (Å²) in [4.78, 5) is 22.0. The summed E-state index contributed by atoms with van der Waals surface area (Å²) in [6.07, 6.45) is -4.80. The summed E-state index contributed by atoms with van der Waals surface area (Å²) in [5.74, 6) is 0.327. The van der Waals surface area contributed by atoms with E-state index in [1.165, 1.54) is 38.3 Å². The maximum Gasteiger partial charge on any atom is 0.433 e. The van der Waals surface area contributed by atoms with Crippen LogP contribution in [-0.2, 0) is 6.18 Å². The molecular formula is C23H14F3N5O3. The lowest BCUT2D eigenvalue weighted by atomic mass is 10.0. The molecule has 0 unspecified atom stereocenters. The van der Waals surface area contributed by atoms with E-state index in [9.17, 15) is 18.0 Å². The van der Waals surface area contributed by atoms with Gasteiger partial charge in [-0.1, -0.05) is 18.2 Å². The van der Waals surface area contributed by atoms with E-state index in [1.54, 1.807) is 18.2 Å². The molecule has 0 aliphatic rings. The lowest BCUT2D eigenvalue weighted by Crippen LogP contribution is -2.19. The molecule has 5 rings (SSSR count). The normalized spacial score (nSPS) is 11.8. The van der Waals surface area contributed by atoms with Crippen LogP contribution in [0.5, 0.6) is 5.75 Å². The minimum atomic E-state index is -4.80. The number of halogens is 3.